The maximum Gasteiger partial charge on any atom is 0.336 e. The van der Waals surface area contributed by atoms with Crippen LogP contribution in [0.2, 0.25) is 0 Å². The summed E-state index contributed by atoms with van der Waals surface area (Å²) in [5.74, 6) is 0.246. The Balaban J connectivity index is 1.72. The molecular weight excluding hydrogens is 504 g/mol. The molecule has 176 valence electrons. The number of amides is 1. The number of ether oxygens (including phenoxy) is 4. The van der Waals surface area contributed by atoms with E-state index in [-0.39, 0.29) is 17.2 Å². The number of carbonyl (C=O) groups is 2. The van der Waals surface area contributed by atoms with Crippen molar-refractivity contribution in [2.75, 3.05) is 40.5 Å². The summed E-state index contributed by atoms with van der Waals surface area (Å²) >= 11 is 3.40. The summed E-state index contributed by atoms with van der Waals surface area (Å²) in [5.41, 5.74) is 1.35. The van der Waals surface area contributed by atoms with Gasteiger partial charge in [0.25, 0.3) is 5.91 Å². The van der Waals surface area contributed by atoms with Crippen molar-refractivity contribution >= 4 is 40.0 Å². The molecule has 0 spiro atoms. The molecule has 2 aromatic rings. The molecule has 0 saturated carbocycles. The fourth-order valence-electron chi connectivity index (χ4n) is 3.20. The highest BCUT2D eigenvalue weighted by Gasteiger charge is 2.21. The number of rotatable bonds is 7. The van der Waals surface area contributed by atoms with Crippen molar-refractivity contribution in [3.05, 3.63) is 63.6 Å². The number of morpholine rings is 1. The second-order valence-corrected chi connectivity index (χ2v) is 7.99. The lowest BCUT2D eigenvalue weighted by molar-refractivity contribution is -0.130. The van der Waals surface area contributed by atoms with Gasteiger partial charge in [0.2, 0.25) is 0 Å². The number of hydrogen-bond acceptors (Lipinski definition) is 7. The standard InChI is InChI=1S/C25H23BrN2O6/c1-31-21-6-3-17(14-20(21)26)5-8-24(29)34-22-7-4-18(15-23(22)32-2)13-19(16-27)25(30)28-9-11-33-12-10-28/h3-8,13-15H,9-12H2,1-2H3/b8-5+,19-13+. The first-order chi connectivity index (χ1) is 16.4. The van der Waals surface area contributed by atoms with Crippen LogP contribution in [0.15, 0.2) is 52.5 Å². The Labute approximate surface area is 206 Å². The van der Waals surface area contributed by atoms with Crippen LogP contribution < -0.4 is 14.2 Å². The third kappa shape index (κ3) is 6.47. The quantitative estimate of drug-likeness (QED) is 0.234. The molecule has 0 unspecified atom stereocenters. The molecule has 0 atom stereocenters. The molecule has 0 aliphatic carbocycles. The molecule has 1 heterocycles. The molecule has 0 radical (unpaired) electrons. The molecule has 1 amide bonds. The van der Waals surface area contributed by atoms with E-state index in [0.717, 1.165) is 10.0 Å². The van der Waals surface area contributed by atoms with E-state index in [2.05, 4.69) is 15.9 Å². The number of esters is 1. The first-order valence-corrected chi connectivity index (χ1v) is 11.1. The molecule has 3 rings (SSSR count). The summed E-state index contributed by atoms with van der Waals surface area (Å²) in [6, 6.07) is 12.1. The van der Waals surface area contributed by atoms with E-state index in [9.17, 15) is 14.9 Å². The SMILES string of the molecule is COc1ccc(/C=C/C(=O)Oc2ccc(/C=C(\C#N)C(=O)N3CCOCC3)cc2OC)cc1Br. The number of nitrogens with zero attached hydrogens (tertiary/aromatic N) is 2. The Kier molecular flexibility index (Phi) is 8.85. The Morgan fingerprint density at radius 3 is 2.35 bits per heavy atom. The maximum atomic E-state index is 12.6. The third-order valence-corrected chi connectivity index (χ3v) is 5.57. The van der Waals surface area contributed by atoms with E-state index in [4.69, 9.17) is 18.9 Å². The molecule has 0 bridgehead atoms. The Morgan fingerprint density at radius 2 is 1.71 bits per heavy atom. The summed E-state index contributed by atoms with van der Waals surface area (Å²) in [7, 11) is 3.01. The molecule has 0 N–H and O–H groups in total. The van der Waals surface area contributed by atoms with E-state index >= 15 is 0 Å². The van der Waals surface area contributed by atoms with Gasteiger partial charge in [-0.05, 0) is 63.5 Å². The van der Waals surface area contributed by atoms with Crippen LogP contribution in [-0.4, -0.2) is 57.3 Å². The van der Waals surface area contributed by atoms with Crippen molar-refractivity contribution < 1.29 is 28.5 Å². The van der Waals surface area contributed by atoms with Gasteiger partial charge in [-0.2, -0.15) is 5.26 Å². The van der Waals surface area contributed by atoms with E-state index in [1.807, 2.05) is 12.1 Å². The summed E-state index contributed by atoms with van der Waals surface area (Å²) in [5, 5.41) is 9.47. The van der Waals surface area contributed by atoms with Crippen LogP contribution in [0.5, 0.6) is 17.2 Å². The van der Waals surface area contributed by atoms with Crippen LogP contribution in [0.25, 0.3) is 12.2 Å². The molecule has 0 aromatic heterocycles. The second kappa shape index (κ2) is 12.0. The van der Waals surface area contributed by atoms with Crippen molar-refractivity contribution in [2.24, 2.45) is 0 Å². The minimum Gasteiger partial charge on any atom is -0.496 e. The largest absolute Gasteiger partial charge is 0.496 e. The molecule has 1 fully saturated rings. The van der Waals surface area contributed by atoms with Gasteiger partial charge in [-0.15, -0.1) is 0 Å². The number of nitriles is 1. The highest BCUT2D eigenvalue weighted by atomic mass is 79.9. The normalized spacial score (nSPS) is 13.9. The van der Waals surface area contributed by atoms with Crippen molar-refractivity contribution in [2.45, 2.75) is 0 Å². The van der Waals surface area contributed by atoms with Gasteiger partial charge in [-0.3, -0.25) is 4.79 Å². The molecular formula is C25H23BrN2O6. The smallest absolute Gasteiger partial charge is 0.336 e. The summed E-state index contributed by atoms with van der Waals surface area (Å²) in [6.45, 7) is 1.78. The van der Waals surface area contributed by atoms with Crippen molar-refractivity contribution in [3.63, 3.8) is 0 Å². The zero-order valence-corrected chi connectivity index (χ0v) is 20.3. The molecule has 9 heteroatoms. The molecule has 2 aromatic carbocycles. The van der Waals surface area contributed by atoms with E-state index in [1.165, 1.54) is 19.3 Å². The van der Waals surface area contributed by atoms with Gasteiger partial charge in [-0.25, -0.2) is 4.79 Å². The number of halogens is 1. The fourth-order valence-corrected chi connectivity index (χ4v) is 3.75. The highest BCUT2D eigenvalue weighted by Crippen LogP contribution is 2.30. The number of benzene rings is 2. The average molecular weight is 527 g/mol. The molecule has 8 nitrogen and oxygen atoms in total. The van der Waals surface area contributed by atoms with Gasteiger partial charge < -0.3 is 23.8 Å². The van der Waals surface area contributed by atoms with Crippen molar-refractivity contribution in [1.29, 1.82) is 5.26 Å². The fraction of sp³-hybridized carbons (Fsp3) is 0.240. The zero-order chi connectivity index (χ0) is 24.5. The minimum absolute atomic E-state index is 0.00211. The predicted octanol–water partition coefficient (Wildman–Crippen LogP) is 3.85. The predicted molar refractivity (Wildman–Crippen MR) is 129 cm³/mol. The van der Waals surface area contributed by atoms with Gasteiger partial charge in [-0.1, -0.05) is 12.1 Å². The van der Waals surface area contributed by atoms with Crippen molar-refractivity contribution in [1.82, 2.24) is 4.90 Å². The number of methoxy groups -OCH3 is 2. The van der Waals surface area contributed by atoms with Crippen LogP contribution in [-0.2, 0) is 14.3 Å². The van der Waals surface area contributed by atoms with Gasteiger partial charge in [0.15, 0.2) is 11.5 Å². The summed E-state index contributed by atoms with van der Waals surface area (Å²) in [4.78, 5) is 26.5. The van der Waals surface area contributed by atoms with Gasteiger partial charge in [0.05, 0.1) is 31.9 Å². The van der Waals surface area contributed by atoms with Crippen LogP contribution in [0.3, 0.4) is 0 Å². The first-order valence-electron chi connectivity index (χ1n) is 10.4. The molecule has 1 saturated heterocycles. The maximum absolute atomic E-state index is 12.6. The van der Waals surface area contributed by atoms with E-state index < -0.39 is 5.97 Å². The molecule has 1 aliphatic heterocycles. The monoisotopic (exact) mass is 526 g/mol. The summed E-state index contributed by atoms with van der Waals surface area (Å²) < 4.78 is 21.9. The lowest BCUT2D eigenvalue weighted by atomic mass is 10.1. The zero-order valence-electron chi connectivity index (χ0n) is 18.7. The van der Waals surface area contributed by atoms with E-state index in [0.29, 0.717) is 43.4 Å². The lowest BCUT2D eigenvalue weighted by Gasteiger charge is -2.26. The van der Waals surface area contributed by atoms with Crippen LogP contribution >= 0.6 is 15.9 Å². The average Bonchev–Trinajstić information content (AvgIpc) is 2.87. The molecule has 34 heavy (non-hydrogen) atoms. The minimum atomic E-state index is -0.589. The van der Waals surface area contributed by atoms with Gasteiger partial charge in [0, 0.05) is 19.2 Å². The first kappa shape index (κ1) is 25.0. The van der Waals surface area contributed by atoms with Crippen LogP contribution in [0.4, 0.5) is 0 Å². The van der Waals surface area contributed by atoms with Gasteiger partial charge in [0.1, 0.15) is 17.4 Å². The Bertz CT molecular complexity index is 1160. The highest BCUT2D eigenvalue weighted by molar-refractivity contribution is 9.10. The number of hydrogen-bond donors (Lipinski definition) is 0. The van der Waals surface area contributed by atoms with Crippen molar-refractivity contribution in [3.8, 4) is 23.3 Å². The topological polar surface area (TPSA) is 98.1 Å². The number of carbonyl (C=O) groups excluding carboxylic acids is 2. The van der Waals surface area contributed by atoms with Gasteiger partial charge >= 0.3 is 5.97 Å². The van der Waals surface area contributed by atoms with E-state index in [1.54, 1.807) is 48.4 Å². The second-order valence-electron chi connectivity index (χ2n) is 7.13. The molecule has 1 aliphatic rings. The van der Waals surface area contributed by atoms with Crippen LogP contribution in [0, 0.1) is 11.3 Å². The Hall–Kier alpha value is -3.61. The van der Waals surface area contributed by atoms with Crippen LogP contribution in [0.1, 0.15) is 11.1 Å². The third-order valence-electron chi connectivity index (χ3n) is 4.95. The lowest BCUT2D eigenvalue weighted by Crippen LogP contribution is -2.41. The Morgan fingerprint density at radius 1 is 1.03 bits per heavy atom. The summed E-state index contributed by atoms with van der Waals surface area (Å²) in [6.07, 6.45) is 4.40.